The maximum Gasteiger partial charge on any atom is 0.271 e. The summed E-state index contributed by atoms with van der Waals surface area (Å²) in [7, 11) is -3.44. The van der Waals surface area contributed by atoms with Crippen molar-refractivity contribution in [3.63, 3.8) is 0 Å². The minimum absolute atomic E-state index is 0.0397. The average molecular weight is 332 g/mol. The van der Waals surface area contributed by atoms with E-state index in [1.807, 2.05) is 0 Å². The van der Waals surface area contributed by atoms with Gasteiger partial charge in [0.25, 0.3) is 5.91 Å². The molecule has 1 aliphatic heterocycles. The molecule has 0 aromatic heterocycles. The SMILES string of the molecule is O=C(NN=C1CCS(=O)(=O)c2ccc(F)cc21)c1ccccc1. The van der Waals surface area contributed by atoms with Gasteiger partial charge in [-0.05, 0) is 30.3 Å². The number of nitrogens with one attached hydrogen (secondary N) is 1. The summed E-state index contributed by atoms with van der Waals surface area (Å²) < 4.78 is 37.5. The number of benzene rings is 2. The molecule has 0 aliphatic carbocycles. The molecule has 0 saturated heterocycles. The van der Waals surface area contributed by atoms with Crippen LogP contribution in [-0.4, -0.2) is 25.8 Å². The van der Waals surface area contributed by atoms with E-state index in [1.165, 1.54) is 6.07 Å². The van der Waals surface area contributed by atoms with Crippen LogP contribution in [0, 0.1) is 5.82 Å². The third-order valence-corrected chi connectivity index (χ3v) is 5.29. The highest BCUT2D eigenvalue weighted by atomic mass is 32.2. The number of hydrogen-bond donors (Lipinski definition) is 1. The Morgan fingerprint density at radius 3 is 2.61 bits per heavy atom. The monoisotopic (exact) mass is 332 g/mol. The Bertz CT molecular complexity index is 893. The van der Waals surface area contributed by atoms with Gasteiger partial charge >= 0.3 is 0 Å². The number of rotatable bonds is 2. The molecule has 0 bridgehead atoms. The predicted octanol–water partition coefficient (Wildman–Crippen LogP) is 2.14. The number of carbonyl (C=O) groups is 1. The Hall–Kier alpha value is -2.54. The van der Waals surface area contributed by atoms with Crippen LogP contribution in [0.1, 0.15) is 22.3 Å². The van der Waals surface area contributed by atoms with Gasteiger partial charge in [-0.25, -0.2) is 18.2 Å². The van der Waals surface area contributed by atoms with Crippen molar-refractivity contribution in [3.8, 4) is 0 Å². The summed E-state index contributed by atoms with van der Waals surface area (Å²) in [6.07, 6.45) is 0.119. The highest BCUT2D eigenvalue weighted by molar-refractivity contribution is 7.91. The van der Waals surface area contributed by atoms with E-state index >= 15 is 0 Å². The number of fused-ring (bicyclic) bond motifs is 1. The Kier molecular flexibility index (Phi) is 3.96. The van der Waals surface area contributed by atoms with E-state index in [9.17, 15) is 17.6 Å². The van der Waals surface area contributed by atoms with Gasteiger partial charge < -0.3 is 0 Å². The lowest BCUT2D eigenvalue weighted by Gasteiger charge is -2.18. The van der Waals surface area contributed by atoms with Crippen LogP contribution in [-0.2, 0) is 9.84 Å². The molecule has 2 aromatic carbocycles. The second-order valence-corrected chi connectivity index (χ2v) is 7.15. The molecule has 7 heteroatoms. The summed E-state index contributed by atoms with van der Waals surface area (Å²) in [5.74, 6) is -1.08. The minimum Gasteiger partial charge on any atom is -0.267 e. The number of nitrogens with zero attached hydrogens (tertiary/aromatic N) is 1. The van der Waals surface area contributed by atoms with Crippen LogP contribution in [0.15, 0.2) is 58.5 Å². The van der Waals surface area contributed by atoms with Gasteiger partial charge in [-0.15, -0.1) is 0 Å². The molecule has 118 valence electrons. The molecule has 2 aromatic rings. The van der Waals surface area contributed by atoms with Gasteiger partial charge in [-0.3, -0.25) is 4.79 Å². The normalized spacial score (nSPS) is 17.5. The standard InChI is InChI=1S/C16H13FN2O3S/c17-12-6-7-15-13(10-12)14(8-9-23(15,21)22)18-19-16(20)11-4-2-1-3-5-11/h1-7,10H,8-9H2,(H,19,20). The van der Waals surface area contributed by atoms with Crippen LogP contribution >= 0.6 is 0 Å². The number of hydrazone groups is 1. The van der Waals surface area contributed by atoms with Gasteiger partial charge in [-0.2, -0.15) is 5.10 Å². The van der Waals surface area contributed by atoms with Crippen molar-refractivity contribution in [1.29, 1.82) is 0 Å². The van der Waals surface area contributed by atoms with Crippen LogP contribution in [0.2, 0.25) is 0 Å². The van der Waals surface area contributed by atoms with Gasteiger partial charge in [0.1, 0.15) is 5.82 Å². The molecule has 23 heavy (non-hydrogen) atoms. The zero-order chi connectivity index (χ0) is 16.4. The fourth-order valence-corrected chi connectivity index (χ4v) is 3.83. The zero-order valence-corrected chi connectivity index (χ0v) is 12.8. The summed E-state index contributed by atoms with van der Waals surface area (Å²) in [5.41, 5.74) is 3.36. The quantitative estimate of drug-likeness (QED) is 0.676. The summed E-state index contributed by atoms with van der Waals surface area (Å²) >= 11 is 0. The summed E-state index contributed by atoms with van der Waals surface area (Å²) in [6, 6.07) is 11.9. The van der Waals surface area contributed by atoms with E-state index in [2.05, 4.69) is 10.5 Å². The van der Waals surface area contributed by atoms with E-state index < -0.39 is 21.6 Å². The number of hydrogen-bond acceptors (Lipinski definition) is 4. The fourth-order valence-electron chi connectivity index (χ4n) is 2.36. The molecular formula is C16H13FN2O3S. The maximum absolute atomic E-state index is 13.4. The van der Waals surface area contributed by atoms with E-state index in [0.29, 0.717) is 11.3 Å². The van der Waals surface area contributed by atoms with Crippen molar-refractivity contribution in [3.05, 3.63) is 65.5 Å². The van der Waals surface area contributed by atoms with Gasteiger partial charge in [0.05, 0.1) is 16.4 Å². The topological polar surface area (TPSA) is 75.6 Å². The average Bonchev–Trinajstić information content (AvgIpc) is 2.54. The molecular weight excluding hydrogens is 319 g/mol. The Morgan fingerprint density at radius 1 is 1.13 bits per heavy atom. The molecule has 0 saturated carbocycles. The molecule has 0 spiro atoms. The Labute approximate surface area is 132 Å². The smallest absolute Gasteiger partial charge is 0.267 e. The van der Waals surface area contributed by atoms with Crippen molar-refractivity contribution < 1.29 is 17.6 Å². The molecule has 1 aliphatic rings. The van der Waals surface area contributed by atoms with E-state index in [1.54, 1.807) is 30.3 Å². The highest BCUT2D eigenvalue weighted by Crippen LogP contribution is 2.26. The van der Waals surface area contributed by atoms with Crippen LogP contribution in [0.5, 0.6) is 0 Å². The minimum atomic E-state index is -3.44. The van der Waals surface area contributed by atoms with Gasteiger partial charge in [0.2, 0.25) is 0 Å². The fraction of sp³-hybridized carbons (Fsp3) is 0.125. The first-order valence-electron chi connectivity index (χ1n) is 6.92. The van der Waals surface area contributed by atoms with Gasteiger partial charge in [0.15, 0.2) is 9.84 Å². The van der Waals surface area contributed by atoms with Gasteiger partial charge in [-0.1, -0.05) is 18.2 Å². The van der Waals surface area contributed by atoms with Crippen LogP contribution in [0.25, 0.3) is 0 Å². The lowest BCUT2D eigenvalue weighted by Crippen LogP contribution is -2.26. The summed E-state index contributed by atoms with van der Waals surface area (Å²) in [5, 5.41) is 3.99. The zero-order valence-electron chi connectivity index (χ0n) is 12.0. The van der Waals surface area contributed by atoms with Crippen LogP contribution in [0.4, 0.5) is 4.39 Å². The van der Waals surface area contributed by atoms with E-state index in [0.717, 1.165) is 12.1 Å². The second-order valence-electron chi connectivity index (χ2n) is 5.07. The van der Waals surface area contributed by atoms with Crippen molar-refractivity contribution in [2.75, 3.05) is 5.75 Å². The first-order chi connectivity index (χ1) is 11.0. The molecule has 5 nitrogen and oxygen atoms in total. The molecule has 1 N–H and O–H groups in total. The Morgan fingerprint density at radius 2 is 1.87 bits per heavy atom. The molecule has 0 radical (unpaired) electrons. The molecule has 0 atom stereocenters. The molecule has 1 heterocycles. The largest absolute Gasteiger partial charge is 0.271 e. The second kappa shape index (κ2) is 5.92. The summed E-state index contributed by atoms with van der Waals surface area (Å²) in [4.78, 5) is 12.0. The number of amides is 1. The van der Waals surface area contributed by atoms with E-state index in [-0.39, 0.29) is 22.6 Å². The van der Waals surface area contributed by atoms with E-state index in [4.69, 9.17) is 0 Å². The number of halogens is 1. The molecule has 0 unspecified atom stereocenters. The van der Waals surface area contributed by atoms with Crippen molar-refractivity contribution in [2.24, 2.45) is 5.10 Å². The maximum atomic E-state index is 13.4. The lowest BCUT2D eigenvalue weighted by atomic mass is 10.1. The Balaban J connectivity index is 1.92. The number of carbonyl (C=O) groups excluding carboxylic acids is 1. The van der Waals surface area contributed by atoms with Crippen molar-refractivity contribution >= 4 is 21.5 Å². The van der Waals surface area contributed by atoms with Crippen LogP contribution in [0.3, 0.4) is 0 Å². The highest BCUT2D eigenvalue weighted by Gasteiger charge is 2.28. The molecule has 0 fully saturated rings. The first-order valence-corrected chi connectivity index (χ1v) is 8.57. The number of sulfone groups is 1. The third kappa shape index (κ3) is 3.14. The predicted molar refractivity (Wildman–Crippen MR) is 83.5 cm³/mol. The lowest BCUT2D eigenvalue weighted by molar-refractivity contribution is 0.0955. The van der Waals surface area contributed by atoms with Crippen molar-refractivity contribution in [2.45, 2.75) is 11.3 Å². The third-order valence-electron chi connectivity index (χ3n) is 3.52. The van der Waals surface area contributed by atoms with Crippen molar-refractivity contribution in [1.82, 2.24) is 5.43 Å². The van der Waals surface area contributed by atoms with Gasteiger partial charge in [0, 0.05) is 17.5 Å². The summed E-state index contributed by atoms with van der Waals surface area (Å²) in [6.45, 7) is 0. The first kappa shape index (κ1) is 15.4. The van der Waals surface area contributed by atoms with Crippen LogP contribution < -0.4 is 5.43 Å². The molecule has 3 rings (SSSR count). The molecule has 1 amide bonds.